The number of benzene rings is 1. The van der Waals surface area contributed by atoms with E-state index in [1.807, 2.05) is 35.7 Å². The Morgan fingerprint density at radius 3 is 2.70 bits per heavy atom. The van der Waals surface area contributed by atoms with Gasteiger partial charge in [-0.1, -0.05) is 29.3 Å². The van der Waals surface area contributed by atoms with Crippen LogP contribution < -0.4 is 4.74 Å². The van der Waals surface area contributed by atoms with Crippen LogP contribution in [0, 0.1) is 0 Å². The van der Waals surface area contributed by atoms with Crippen LogP contribution in [0.3, 0.4) is 0 Å². The van der Waals surface area contributed by atoms with Crippen LogP contribution in [0.4, 0.5) is 0 Å². The standard InChI is InChI=1S/C21H20Cl2N2OS/c22-17-4-3-15(20(23)10-17)14-26-18-9-16(11-24-12-18)21-6-5-19(27-21)13-25-7-1-2-8-25/h3-6,9-12H,1-2,7-8,13-14H2. The van der Waals surface area contributed by atoms with Crippen LogP contribution in [0.2, 0.25) is 10.0 Å². The molecule has 140 valence electrons. The van der Waals surface area contributed by atoms with Crippen LogP contribution in [0.5, 0.6) is 5.75 Å². The minimum atomic E-state index is 0.381. The normalized spacial score (nSPS) is 14.6. The zero-order valence-corrected chi connectivity index (χ0v) is 17.2. The third-order valence-corrected chi connectivity index (χ3v) is 6.35. The van der Waals surface area contributed by atoms with Gasteiger partial charge in [-0.2, -0.15) is 0 Å². The minimum absolute atomic E-state index is 0.381. The third kappa shape index (κ3) is 4.82. The number of likely N-dealkylation sites (tertiary alicyclic amines) is 1. The molecule has 4 rings (SSSR count). The Balaban J connectivity index is 1.43. The number of thiophene rings is 1. The van der Waals surface area contributed by atoms with Gasteiger partial charge in [0.15, 0.2) is 0 Å². The number of pyridine rings is 1. The summed E-state index contributed by atoms with van der Waals surface area (Å²) < 4.78 is 5.90. The van der Waals surface area contributed by atoms with Crippen molar-refractivity contribution in [1.82, 2.24) is 9.88 Å². The van der Waals surface area contributed by atoms with E-state index in [9.17, 15) is 0 Å². The molecule has 0 N–H and O–H groups in total. The summed E-state index contributed by atoms with van der Waals surface area (Å²) in [7, 11) is 0. The number of nitrogens with zero attached hydrogens (tertiary/aromatic N) is 2. The van der Waals surface area contributed by atoms with Gasteiger partial charge in [-0.05, 0) is 56.3 Å². The lowest BCUT2D eigenvalue weighted by Gasteiger charge is -2.12. The average Bonchev–Trinajstić information content (AvgIpc) is 3.34. The van der Waals surface area contributed by atoms with Crippen LogP contribution in [0.1, 0.15) is 23.3 Å². The summed E-state index contributed by atoms with van der Waals surface area (Å²) in [6.45, 7) is 3.85. The molecule has 1 aliphatic heterocycles. The molecule has 0 unspecified atom stereocenters. The van der Waals surface area contributed by atoms with E-state index in [0.29, 0.717) is 16.7 Å². The molecule has 1 aliphatic rings. The Hall–Kier alpha value is -1.59. The molecule has 0 spiro atoms. The van der Waals surface area contributed by atoms with Gasteiger partial charge in [-0.3, -0.25) is 9.88 Å². The van der Waals surface area contributed by atoms with E-state index in [-0.39, 0.29) is 0 Å². The highest BCUT2D eigenvalue weighted by Gasteiger charge is 2.13. The van der Waals surface area contributed by atoms with Crippen molar-refractivity contribution in [2.75, 3.05) is 13.1 Å². The molecule has 0 saturated carbocycles. The highest BCUT2D eigenvalue weighted by atomic mass is 35.5. The number of hydrogen-bond donors (Lipinski definition) is 0. The van der Waals surface area contributed by atoms with E-state index in [1.165, 1.54) is 35.7 Å². The van der Waals surface area contributed by atoms with Crippen molar-refractivity contribution in [3.8, 4) is 16.2 Å². The van der Waals surface area contributed by atoms with Gasteiger partial charge in [0.1, 0.15) is 12.4 Å². The number of halogens is 2. The first-order valence-corrected chi connectivity index (χ1v) is 10.6. The maximum Gasteiger partial charge on any atom is 0.138 e. The molecule has 0 amide bonds. The van der Waals surface area contributed by atoms with E-state index < -0.39 is 0 Å². The highest BCUT2D eigenvalue weighted by molar-refractivity contribution is 7.15. The molecule has 1 aromatic carbocycles. The van der Waals surface area contributed by atoms with Crippen molar-refractivity contribution in [2.45, 2.75) is 26.0 Å². The second-order valence-electron chi connectivity index (χ2n) is 6.68. The van der Waals surface area contributed by atoms with Crippen molar-refractivity contribution >= 4 is 34.5 Å². The summed E-state index contributed by atoms with van der Waals surface area (Å²) in [5.41, 5.74) is 1.97. The van der Waals surface area contributed by atoms with Gasteiger partial charge in [0.2, 0.25) is 0 Å². The zero-order valence-electron chi connectivity index (χ0n) is 14.8. The van der Waals surface area contributed by atoms with E-state index in [0.717, 1.165) is 23.4 Å². The molecule has 0 radical (unpaired) electrons. The second-order valence-corrected chi connectivity index (χ2v) is 8.69. The molecule has 27 heavy (non-hydrogen) atoms. The van der Waals surface area contributed by atoms with Gasteiger partial charge in [0.25, 0.3) is 0 Å². The maximum atomic E-state index is 6.21. The van der Waals surface area contributed by atoms with Gasteiger partial charge in [-0.15, -0.1) is 11.3 Å². The molecule has 6 heteroatoms. The Bertz CT molecular complexity index is 922. The fourth-order valence-electron chi connectivity index (χ4n) is 3.21. The molecule has 3 heterocycles. The Morgan fingerprint density at radius 2 is 1.89 bits per heavy atom. The first-order valence-electron chi connectivity index (χ1n) is 9.00. The summed E-state index contributed by atoms with van der Waals surface area (Å²) in [5, 5.41) is 1.23. The lowest BCUT2D eigenvalue weighted by atomic mass is 10.2. The molecule has 3 nitrogen and oxygen atoms in total. The topological polar surface area (TPSA) is 25.4 Å². The van der Waals surface area contributed by atoms with Crippen LogP contribution in [0.15, 0.2) is 48.8 Å². The second kappa shape index (κ2) is 8.61. The molecule has 2 aromatic heterocycles. The molecular weight excluding hydrogens is 399 g/mol. The first-order chi connectivity index (χ1) is 13.2. The number of aromatic nitrogens is 1. The van der Waals surface area contributed by atoms with Crippen molar-refractivity contribution < 1.29 is 4.74 Å². The molecule has 0 atom stereocenters. The monoisotopic (exact) mass is 418 g/mol. The number of hydrogen-bond acceptors (Lipinski definition) is 4. The van der Waals surface area contributed by atoms with Crippen LogP contribution in [-0.2, 0) is 13.2 Å². The van der Waals surface area contributed by atoms with Crippen molar-refractivity contribution in [2.24, 2.45) is 0 Å². The summed E-state index contributed by atoms with van der Waals surface area (Å²) >= 11 is 14.0. The van der Waals surface area contributed by atoms with Crippen molar-refractivity contribution in [1.29, 1.82) is 0 Å². The van der Waals surface area contributed by atoms with E-state index in [4.69, 9.17) is 27.9 Å². The quantitative estimate of drug-likeness (QED) is 0.469. The molecule has 1 fully saturated rings. The Labute approximate surface area is 173 Å². The minimum Gasteiger partial charge on any atom is -0.487 e. The van der Waals surface area contributed by atoms with Gasteiger partial charge in [-0.25, -0.2) is 0 Å². The van der Waals surface area contributed by atoms with E-state index in [1.54, 1.807) is 12.3 Å². The van der Waals surface area contributed by atoms with Crippen LogP contribution in [0.25, 0.3) is 10.4 Å². The average molecular weight is 419 g/mol. The Morgan fingerprint density at radius 1 is 1.04 bits per heavy atom. The lowest BCUT2D eigenvalue weighted by Crippen LogP contribution is -2.17. The fraction of sp³-hybridized carbons (Fsp3) is 0.286. The fourth-order valence-corrected chi connectivity index (χ4v) is 4.71. The molecule has 0 aliphatic carbocycles. The summed E-state index contributed by atoms with van der Waals surface area (Å²) in [6, 6.07) is 11.8. The predicted octanol–water partition coefficient (Wildman–Crippen LogP) is 6.29. The zero-order chi connectivity index (χ0) is 18.6. The Kier molecular flexibility index (Phi) is 5.98. The summed E-state index contributed by atoms with van der Waals surface area (Å²) in [5.74, 6) is 0.730. The van der Waals surface area contributed by atoms with Crippen LogP contribution >= 0.6 is 34.5 Å². The number of rotatable bonds is 6. The summed E-state index contributed by atoms with van der Waals surface area (Å²) in [4.78, 5) is 9.47. The first kappa shape index (κ1) is 18.8. The smallest absolute Gasteiger partial charge is 0.138 e. The van der Waals surface area contributed by atoms with Crippen molar-refractivity contribution in [3.05, 3.63) is 69.3 Å². The van der Waals surface area contributed by atoms with Crippen LogP contribution in [-0.4, -0.2) is 23.0 Å². The third-order valence-electron chi connectivity index (χ3n) is 4.65. The SMILES string of the molecule is Clc1ccc(COc2cncc(-c3ccc(CN4CCCC4)s3)c2)c(Cl)c1. The van der Waals surface area contributed by atoms with Gasteiger partial charge in [0, 0.05) is 43.7 Å². The summed E-state index contributed by atoms with van der Waals surface area (Å²) in [6.07, 6.45) is 6.25. The predicted molar refractivity (Wildman–Crippen MR) is 113 cm³/mol. The highest BCUT2D eigenvalue weighted by Crippen LogP contribution is 2.31. The molecule has 1 saturated heterocycles. The van der Waals surface area contributed by atoms with Gasteiger partial charge < -0.3 is 4.74 Å². The molecule has 0 bridgehead atoms. The molecule has 3 aromatic rings. The largest absolute Gasteiger partial charge is 0.487 e. The van der Waals surface area contributed by atoms with E-state index >= 15 is 0 Å². The lowest BCUT2D eigenvalue weighted by molar-refractivity contribution is 0.305. The van der Waals surface area contributed by atoms with Gasteiger partial charge >= 0.3 is 0 Å². The number of ether oxygens (including phenoxy) is 1. The van der Waals surface area contributed by atoms with Gasteiger partial charge in [0.05, 0.1) is 6.20 Å². The van der Waals surface area contributed by atoms with Crippen molar-refractivity contribution in [3.63, 3.8) is 0 Å². The van der Waals surface area contributed by atoms with E-state index in [2.05, 4.69) is 22.0 Å². The molecular formula is C21H20Cl2N2OS. The maximum absolute atomic E-state index is 6.21.